The molecule has 0 atom stereocenters. The van der Waals surface area contributed by atoms with Crippen LogP contribution in [0.25, 0.3) is 21.6 Å². The van der Waals surface area contributed by atoms with Crippen molar-refractivity contribution in [1.82, 2.24) is 0 Å². The summed E-state index contributed by atoms with van der Waals surface area (Å²) in [4.78, 5) is 14.8. The quantitative estimate of drug-likeness (QED) is 0.218. The molecule has 0 aliphatic heterocycles. The number of carbonyl (C=O) groups is 1. The third-order valence-electron chi connectivity index (χ3n) is 3.77. The van der Waals surface area contributed by atoms with Gasteiger partial charge < -0.3 is 5.11 Å². The van der Waals surface area contributed by atoms with Crippen LogP contribution in [0.1, 0.15) is 10.4 Å². The van der Waals surface area contributed by atoms with E-state index in [-0.39, 0.29) is 27.0 Å². The van der Waals surface area contributed by atoms with Gasteiger partial charge in [0.1, 0.15) is 5.69 Å². The van der Waals surface area contributed by atoms with E-state index in [1.165, 1.54) is 0 Å². The van der Waals surface area contributed by atoms with Gasteiger partial charge in [-0.3, -0.25) is 0 Å². The molecule has 0 amide bonds. The molecule has 0 saturated carbocycles. The van der Waals surface area contributed by atoms with E-state index in [4.69, 9.17) is 5.53 Å². The number of carboxylic acids is 1. The van der Waals surface area contributed by atoms with Gasteiger partial charge in [0, 0.05) is 14.9 Å². The molecule has 0 radical (unpaired) electrons. The molecule has 0 aromatic heterocycles. The van der Waals surface area contributed by atoms with Gasteiger partial charge in [-0.2, -0.15) is 5.11 Å². The lowest BCUT2D eigenvalue weighted by atomic mass is 9.96. The smallest absolute Gasteiger partial charge is 0.337 e. The molecular formula is C19H11Br2N5O2. The fraction of sp³-hybridized carbons (Fsp3) is 0. The van der Waals surface area contributed by atoms with Crippen molar-refractivity contribution in [2.75, 3.05) is 0 Å². The number of aromatic carboxylic acids is 1. The maximum absolute atomic E-state index is 12.0. The molecule has 1 N–H and O–H groups in total. The summed E-state index contributed by atoms with van der Waals surface area (Å²) >= 11 is 6.68. The Morgan fingerprint density at radius 3 is 2.07 bits per heavy atom. The van der Waals surface area contributed by atoms with Crippen molar-refractivity contribution in [3.8, 4) is 11.1 Å². The Labute approximate surface area is 176 Å². The topological polar surface area (TPSA) is 111 Å². The van der Waals surface area contributed by atoms with Crippen molar-refractivity contribution in [2.24, 2.45) is 15.3 Å². The van der Waals surface area contributed by atoms with Crippen molar-refractivity contribution < 1.29 is 9.90 Å². The summed E-state index contributed by atoms with van der Waals surface area (Å²) in [5.74, 6) is -1.17. The minimum absolute atomic E-state index is 0.0425. The Balaban J connectivity index is 2.37. The van der Waals surface area contributed by atoms with Crippen LogP contribution in [0.2, 0.25) is 0 Å². The zero-order valence-electron chi connectivity index (χ0n) is 14.1. The molecule has 3 aromatic rings. The average Bonchev–Trinajstić information content (AvgIpc) is 2.71. The first-order valence-electron chi connectivity index (χ1n) is 7.90. The lowest BCUT2D eigenvalue weighted by Gasteiger charge is -2.16. The lowest BCUT2D eigenvalue weighted by molar-refractivity contribution is 0.0696. The molecular weight excluding hydrogens is 490 g/mol. The minimum Gasteiger partial charge on any atom is -0.478 e. The number of halogens is 2. The van der Waals surface area contributed by atoms with E-state index in [0.29, 0.717) is 15.7 Å². The van der Waals surface area contributed by atoms with Crippen LogP contribution in [-0.2, 0) is 0 Å². The van der Waals surface area contributed by atoms with Crippen LogP contribution < -0.4 is 0 Å². The first kappa shape index (κ1) is 19.8. The molecule has 7 nitrogen and oxygen atoms in total. The van der Waals surface area contributed by atoms with Gasteiger partial charge >= 0.3 is 5.97 Å². The van der Waals surface area contributed by atoms with Gasteiger partial charge in [0.2, 0.25) is 0 Å². The number of hydrogen-bond acceptors (Lipinski definition) is 4. The molecule has 3 rings (SSSR count). The Bertz CT molecular complexity index is 1110. The highest BCUT2D eigenvalue weighted by atomic mass is 79.9. The van der Waals surface area contributed by atoms with Crippen LogP contribution in [0.3, 0.4) is 0 Å². The average molecular weight is 501 g/mol. The van der Waals surface area contributed by atoms with Gasteiger partial charge in [-0.15, -0.1) is 5.11 Å². The largest absolute Gasteiger partial charge is 0.478 e. The van der Waals surface area contributed by atoms with Crippen LogP contribution in [0.4, 0.5) is 17.1 Å². The fourth-order valence-electron chi connectivity index (χ4n) is 2.59. The molecule has 0 heterocycles. The molecule has 9 heteroatoms. The molecule has 3 aromatic carbocycles. The van der Waals surface area contributed by atoms with Gasteiger partial charge in [0.05, 0.1) is 21.4 Å². The van der Waals surface area contributed by atoms with Crippen LogP contribution in [0.15, 0.2) is 85.0 Å². The van der Waals surface area contributed by atoms with Crippen molar-refractivity contribution >= 4 is 54.9 Å². The molecule has 138 valence electrons. The second kappa shape index (κ2) is 8.79. The number of carboxylic acid groups (broad SMARTS) is 1. The summed E-state index contributed by atoms with van der Waals surface area (Å²) in [6, 6.07) is 17.8. The standard InChI is InChI=1S/C19H11Br2N5O2/c20-15-14(19(27)28)13(11-7-3-1-4-8-11)17(25-26-22)18(16(15)21)24-23-12-9-5-2-6-10-12/h1-10H,(H,27,28). The van der Waals surface area contributed by atoms with E-state index in [1.807, 2.05) is 18.2 Å². The zero-order chi connectivity index (χ0) is 20.1. The highest BCUT2D eigenvalue weighted by Gasteiger charge is 2.26. The predicted molar refractivity (Wildman–Crippen MR) is 114 cm³/mol. The van der Waals surface area contributed by atoms with E-state index in [0.717, 1.165) is 0 Å². The summed E-state index contributed by atoms with van der Waals surface area (Å²) in [6.07, 6.45) is 0. The highest BCUT2D eigenvalue weighted by molar-refractivity contribution is 9.13. The Morgan fingerprint density at radius 2 is 1.50 bits per heavy atom. The van der Waals surface area contributed by atoms with Gasteiger partial charge in [-0.25, -0.2) is 4.79 Å². The monoisotopic (exact) mass is 499 g/mol. The molecule has 28 heavy (non-hydrogen) atoms. The first-order chi connectivity index (χ1) is 13.5. The van der Waals surface area contributed by atoms with Crippen molar-refractivity contribution in [2.45, 2.75) is 0 Å². The van der Waals surface area contributed by atoms with Gasteiger partial charge in [0.25, 0.3) is 0 Å². The zero-order valence-corrected chi connectivity index (χ0v) is 17.3. The Morgan fingerprint density at radius 1 is 0.893 bits per heavy atom. The maximum atomic E-state index is 12.0. The molecule has 0 saturated heterocycles. The van der Waals surface area contributed by atoms with E-state index in [1.54, 1.807) is 42.5 Å². The van der Waals surface area contributed by atoms with Crippen molar-refractivity contribution in [3.05, 3.63) is 85.6 Å². The minimum atomic E-state index is -1.17. The molecule has 0 aliphatic carbocycles. The summed E-state index contributed by atoms with van der Waals surface area (Å²) in [7, 11) is 0. The SMILES string of the molecule is [N-]=[N+]=Nc1c(N=Nc2ccccc2)c(Br)c(Br)c(C(=O)O)c1-c1ccccc1. The second-order valence-corrected chi connectivity index (χ2v) is 7.06. The Kier molecular flexibility index (Phi) is 6.20. The predicted octanol–water partition coefficient (Wildman–Crippen LogP) is 7.93. The van der Waals surface area contributed by atoms with Crippen molar-refractivity contribution in [3.63, 3.8) is 0 Å². The van der Waals surface area contributed by atoms with E-state index in [2.05, 4.69) is 52.1 Å². The number of azide groups is 1. The molecule has 0 fully saturated rings. The normalized spacial score (nSPS) is 10.6. The molecule has 0 unspecified atom stereocenters. The van der Waals surface area contributed by atoms with E-state index < -0.39 is 5.97 Å². The maximum Gasteiger partial charge on any atom is 0.337 e. The van der Waals surface area contributed by atoms with Crippen molar-refractivity contribution in [1.29, 1.82) is 0 Å². The fourth-order valence-corrected chi connectivity index (χ4v) is 3.61. The van der Waals surface area contributed by atoms with Gasteiger partial charge in [-0.1, -0.05) is 53.6 Å². The van der Waals surface area contributed by atoms with Crippen LogP contribution in [0.5, 0.6) is 0 Å². The summed E-state index contributed by atoms with van der Waals surface area (Å²) in [5.41, 5.74) is 10.8. The molecule has 0 bridgehead atoms. The van der Waals surface area contributed by atoms with Crippen LogP contribution >= 0.6 is 31.9 Å². The van der Waals surface area contributed by atoms with Crippen LogP contribution in [-0.4, -0.2) is 11.1 Å². The number of rotatable bonds is 5. The van der Waals surface area contributed by atoms with Crippen LogP contribution in [0, 0.1) is 0 Å². The first-order valence-corrected chi connectivity index (χ1v) is 9.48. The highest BCUT2D eigenvalue weighted by Crippen LogP contribution is 2.50. The van der Waals surface area contributed by atoms with E-state index >= 15 is 0 Å². The number of azo groups is 1. The van der Waals surface area contributed by atoms with Gasteiger partial charge in [0.15, 0.2) is 0 Å². The molecule has 0 aliphatic rings. The third kappa shape index (κ3) is 3.96. The molecule has 0 spiro atoms. The van der Waals surface area contributed by atoms with E-state index in [9.17, 15) is 9.90 Å². The number of nitrogens with zero attached hydrogens (tertiary/aromatic N) is 5. The van der Waals surface area contributed by atoms with Gasteiger partial charge in [-0.05, 0) is 55.1 Å². The number of benzene rings is 3. The lowest BCUT2D eigenvalue weighted by Crippen LogP contribution is -2.02. The second-order valence-electron chi connectivity index (χ2n) is 5.47. The third-order valence-corrected chi connectivity index (χ3v) is 5.87. The Hall–Kier alpha value is -3.00. The summed E-state index contributed by atoms with van der Waals surface area (Å²) in [5, 5.41) is 21.9. The number of hydrogen-bond donors (Lipinski definition) is 1. The summed E-state index contributed by atoms with van der Waals surface area (Å²) in [6.45, 7) is 0. The summed E-state index contributed by atoms with van der Waals surface area (Å²) < 4.78 is 0.601.